The van der Waals surface area contributed by atoms with E-state index in [1.807, 2.05) is 6.92 Å². The number of nitrogens with two attached hydrogens (primary N) is 1. The van der Waals surface area contributed by atoms with Crippen LogP contribution in [0.1, 0.15) is 25.3 Å². The second-order valence-corrected chi connectivity index (χ2v) is 9.07. The first-order valence-electron chi connectivity index (χ1n) is 8.57. The van der Waals surface area contributed by atoms with Crippen LogP contribution in [0.4, 0.5) is 0 Å². The summed E-state index contributed by atoms with van der Waals surface area (Å²) >= 11 is 1.67. The first-order valence-corrected chi connectivity index (χ1v) is 11.0. The molecule has 8 heteroatoms. The predicted molar refractivity (Wildman–Crippen MR) is 114 cm³/mol. The molecule has 27 heavy (non-hydrogen) atoms. The van der Waals surface area contributed by atoms with Gasteiger partial charge in [-0.3, -0.25) is 4.98 Å². The monoisotopic (exact) mass is 425 g/mol. The van der Waals surface area contributed by atoms with Gasteiger partial charge in [-0.1, -0.05) is 6.07 Å². The van der Waals surface area contributed by atoms with Gasteiger partial charge in [0.15, 0.2) is 0 Å². The van der Waals surface area contributed by atoms with Crippen LogP contribution in [0.2, 0.25) is 0 Å². The van der Waals surface area contributed by atoms with Crippen molar-refractivity contribution >= 4 is 44.5 Å². The number of fused-ring (bicyclic) bond motifs is 1. The van der Waals surface area contributed by atoms with Crippen LogP contribution in [0, 0.1) is 0 Å². The maximum atomic E-state index is 12.6. The molecule has 3 rings (SSSR count). The van der Waals surface area contributed by atoms with Gasteiger partial charge in [0.2, 0.25) is 10.0 Å². The van der Waals surface area contributed by atoms with Gasteiger partial charge in [0.25, 0.3) is 0 Å². The van der Waals surface area contributed by atoms with Crippen LogP contribution in [0.15, 0.2) is 58.4 Å². The second-order valence-electron chi connectivity index (χ2n) is 6.57. The quantitative estimate of drug-likeness (QED) is 0.575. The predicted octanol–water partition coefficient (Wildman–Crippen LogP) is 3.74. The molecule has 0 saturated heterocycles. The highest BCUT2D eigenvalue weighted by atomic mass is 35.5. The Morgan fingerprint density at radius 2 is 2.04 bits per heavy atom. The Hall–Kier alpha value is -1.51. The lowest BCUT2D eigenvalue weighted by Crippen LogP contribution is -2.37. The number of aryl methyl sites for hydroxylation is 1. The number of nitrogens with zero attached hydrogens (tertiary/aromatic N) is 1. The molecule has 0 bridgehead atoms. The van der Waals surface area contributed by atoms with E-state index in [2.05, 4.69) is 26.5 Å². The maximum absolute atomic E-state index is 12.6. The Labute approximate surface area is 170 Å². The molecule has 146 valence electrons. The van der Waals surface area contributed by atoms with Gasteiger partial charge in [-0.2, -0.15) is 11.3 Å². The smallest absolute Gasteiger partial charge is 0.240 e. The van der Waals surface area contributed by atoms with Crippen LogP contribution in [-0.2, 0) is 16.4 Å². The fourth-order valence-corrected chi connectivity index (χ4v) is 4.96. The number of rotatable bonds is 8. The van der Waals surface area contributed by atoms with Crippen molar-refractivity contribution in [2.75, 3.05) is 0 Å². The lowest BCUT2D eigenvalue weighted by Gasteiger charge is -2.19. The molecule has 0 spiro atoms. The summed E-state index contributed by atoms with van der Waals surface area (Å²) in [6.07, 6.45) is 5.73. The van der Waals surface area contributed by atoms with Crippen LogP contribution in [0.3, 0.4) is 0 Å². The molecule has 0 fully saturated rings. The van der Waals surface area contributed by atoms with Crippen molar-refractivity contribution in [2.24, 2.45) is 5.73 Å². The van der Waals surface area contributed by atoms with Crippen molar-refractivity contribution in [2.45, 2.75) is 43.2 Å². The Morgan fingerprint density at radius 3 is 2.78 bits per heavy atom. The van der Waals surface area contributed by atoms with Crippen LogP contribution in [0.5, 0.6) is 0 Å². The molecule has 0 aliphatic rings. The lowest BCUT2D eigenvalue weighted by atomic mass is 10.0. The zero-order valence-corrected chi connectivity index (χ0v) is 17.5. The van der Waals surface area contributed by atoms with Crippen molar-refractivity contribution in [3.8, 4) is 0 Å². The Morgan fingerprint density at radius 1 is 1.22 bits per heavy atom. The van der Waals surface area contributed by atoms with E-state index in [-0.39, 0.29) is 29.4 Å². The molecular weight excluding hydrogens is 402 g/mol. The van der Waals surface area contributed by atoms with E-state index in [9.17, 15) is 8.42 Å². The topological polar surface area (TPSA) is 85.1 Å². The van der Waals surface area contributed by atoms with Crippen LogP contribution in [0.25, 0.3) is 10.8 Å². The molecular formula is C19H24ClN3O2S2. The third-order valence-electron chi connectivity index (χ3n) is 4.32. The summed E-state index contributed by atoms with van der Waals surface area (Å²) in [5.74, 6) is 0. The number of sulfonamides is 1. The minimum absolute atomic E-state index is 0. The van der Waals surface area contributed by atoms with Gasteiger partial charge in [0, 0.05) is 29.9 Å². The van der Waals surface area contributed by atoms with E-state index < -0.39 is 10.0 Å². The number of pyridine rings is 1. The van der Waals surface area contributed by atoms with Gasteiger partial charge in [-0.05, 0) is 72.2 Å². The van der Waals surface area contributed by atoms with Gasteiger partial charge in [-0.25, -0.2) is 13.1 Å². The third kappa shape index (κ3) is 5.99. The first kappa shape index (κ1) is 21.8. The molecule has 0 aliphatic carbocycles. The first-order chi connectivity index (χ1) is 12.4. The number of hydrogen-bond donors (Lipinski definition) is 2. The minimum atomic E-state index is -3.58. The standard InChI is InChI=1S/C19H23N3O2S2.ClH/c1-14(10-18(20)4-2-15-7-9-25-13-15)22-26(23,24)19-5-3-17-12-21-8-6-16(17)11-19;/h3,5-9,11-14,18,22H,2,4,10,20H2,1H3;1H/t14-,18?;/m1./s1. The van der Waals surface area contributed by atoms with Crippen LogP contribution < -0.4 is 10.5 Å². The SMILES string of the molecule is C[C@H](CC(N)CCc1ccsc1)NS(=O)(=O)c1ccc2cnccc2c1.Cl. The van der Waals surface area contributed by atoms with Crippen molar-refractivity contribution in [3.05, 3.63) is 59.0 Å². The van der Waals surface area contributed by atoms with E-state index in [0.29, 0.717) is 6.42 Å². The molecule has 0 amide bonds. The summed E-state index contributed by atoms with van der Waals surface area (Å²) in [4.78, 5) is 4.30. The summed E-state index contributed by atoms with van der Waals surface area (Å²) in [6, 6.07) is 8.67. The number of hydrogen-bond acceptors (Lipinski definition) is 5. The van der Waals surface area contributed by atoms with Crippen molar-refractivity contribution < 1.29 is 8.42 Å². The van der Waals surface area contributed by atoms with E-state index >= 15 is 0 Å². The van der Waals surface area contributed by atoms with E-state index in [4.69, 9.17) is 5.73 Å². The van der Waals surface area contributed by atoms with Gasteiger partial charge in [0.1, 0.15) is 0 Å². The third-order valence-corrected chi connectivity index (χ3v) is 6.64. The summed E-state index contributed by atoms with van der Waals surface area (Å²) in [7, 11) is -3.58. The van der Waals surface area contributed by atoms with Crippen LogP contribution >= 0.6 is 23.7 Å². The van der Waals surface area contributed by atoms with Crippen molar-refractivity contribution in [1.29, 1.82) is 0 Å². The highest BCUT2D eigenvalue weighted by molar-refractivity contribution is 7.89. The fraction of sp³-hybridized carbons (Fsp3) is 0.316. The number of nitrogens with one attached hydrogen (secondary N) is 1. The lowest BCUT2D eigenvalue weighted by molar-refractivity contribution is 0.485. The average molecular weight is 426 g/mol. The molecule has 1 aromatic carbocycles. The largest absolute Gasteiger partial charge is 0.328 e. The molecule has 3 N–H and O–H groups in total. The second kappa shape index (κ2) is 9.61. The molecule has 1 unspecified atom stereocenters. The van der Waals surface area contributed by atoms with Crippen molar-refractivity contribution in [1.82, 2.24) is 9.71 Å². The average Bonchev–Trinajstić information content (AvgIpc) is 3.12. The molecule has 0 saturated carbocycles. The summed E-state index contributed by atoms with van der Waals surface area (Å²) in [6.45, 7) is 1.85. The maximum Gasteiger partial charge on any atom is 0.240 e. The molecule has 2 heterocycles. The van der Waals surface area contributed by atoms with Gasteiger partial charge in [-0.15, -0.1) is 12.4 Å². The van der Waals surface area contributed by atoms with Gasteiger partial charge < -0.3 is 5.73 Å². The molecule has 3 aromatic rings. The summed E-state index contributed by atoms with van der Waals surface area (Å²) in [5.41, 5.74) is 7.47. The Bertz CT molecular complexity index is 962. The number of benzene rings is 1. The number of halogens is 1. The zero-order valence-electron chi connectivity index (χ0n) is 15.0. The molecule has 0 radical (unpaired) electrons. The molecule has 2 aromatic heterocycles. The van der Waals surface area contributed by atoms with Gasteiger partial charge >= 0.3 is 0 Å². The van der Waals surface area contributed by atoms with E-state index in [0.717, 1.165) is 23.6 Å². The van der Waals surface area contributed by atoms with Crippen molar-refractivity contribution in [3.63, 3.8) is 0 Å². The normalized spacial score (nSPS) is 13.9. The Kier molecular flexibility index (Phi) is 7.76. The molecule has 2 atom stereocenters. The molecule has 5 nitrogen and oxygen atoms in total. The number of thiophene rings is 1. The highest BCUT2D eigenvalue weighted by Crippen LogP contribution is 2.19. The minimum Gasteiger partial charge on any atom is -0.328 e. The zero-order chi connectivity index (χ0) is 18.6. The number of aromatic nitrogens is 1. The summed E-state index contributed by atoms with van der Waals surface area (Å²) in [5, 5.41) is 5.93. The summed E-state index contributed by atoms with van der Waals surface area (Å²) < 4.78 is 28.0. The Balaban J connectivity index is 0.00000261. The van der Waals surface area contributed by atoms with E-state index in [1.54, 1.807) is 48.0 Å². The fourth-order valence-electron chi connectivity index (χ4n) is 2.97. The van der Waals surface area contributed by atoms with E-state index in [1.165, 1.54) is 5.56 Å². The van der Waals surface area contributed by atoms with Crippen LogP contribution in [-0.4, -0.2) is 25.5 Å². The van der Waals surface area contributed by atoms with Gasteiger partial charge in [0.05, 0.1) is 4.90 Å². The molecule has 0 aliphatic heterocycles. The highest BCUT2D eigenvalue weighted by Gasteiger charge is 2.19.